The van der Waals surface area contributed by atoms with Crippen LogP contribution in [0.15, 0.2) is 0 Å². The number of carbonyl (C=O) groups is 1. The van der Waals surface area contributed by atoms with Gasteiger partial charge in [0.1, 0.15) is 6.04 Å². The average Bonchev–Trinajstić information content (AvgIpc) is 1.69. The normalized spacial score (nSPS) is 11.8. The SMILES string of the molecule is CC[C@@H](NN)C(=O)O.Cl. The summed E-state index contributed by atoms with van der Waals surface area (Å²) < 4.78 is 0. The molecule has 0 heterocycles. The summed E-state index contributed by atoms with van der Waals surface area (Å²) in [5, 5.41) is 8.23. The van der Waals surface area contributed by atoms with Crippen molar-refractivity contribution in [2.45, 2.75) is 19.4 Å². The fourth-order valence-electron chi connectivity index (χ4n) is 0.364. The standard InChI is InChI=1S/C4H10N2O2.ClH/c1-2-3(6-5)4(7)8;/h3,6H,2,5H2,1H3,(H,7,8);1H/t3-;/m1./s1. The Morgan fingerprint density at radius 1 is 1.89 bits per heavy atom. The fourth-order valence-corrected chi connectivity index (χ4v) is 0.364. The second-order valence-corrected chi connectivity index (χ2v) is 1.47. The fraction of sp³-hybridized carbons (Fsp3) is 0.750. The van der Waals surface area contributed by atoms with Crippen molar-refractivity contribution in [3.63, 3.8) is 0 Å². The highest BCUT2D eigenvalue weighted by Gasteiger charge is 2.10. The molecule has 0 aromatic heterocycles. The van der Waals surface area contributed by atoms with Crippen LogP contribution in [0.4, 0.5) is 0 Å². The van der Waals surface area contributed by atoms with Gasteiger partial charge in [0.2, 0.25) is 0 Å². The van der Waals surface area contributed by atoms with Crippen LogP contribution in [-0.4, -0.2) is 17.1 Å². The van der Waals surface area contributed by atoms with E-state index in [-0.39, 0.29) is 12.4 Å². The van der Waals surface area contributed by atoms with Gasteiger partial charge in [-0.25, -0.2) is 5.43 Å². The summed E-state index contributed by atoms with van der Waals surface area (Å²) in [7, 11) is 0. The number of hydrogen-bond donors (Lipinski definition) is 3. The maximum absolute atomic E-state index is 10.0. The Labute approximate surface area is 59.8 Å². The van der Waals surface area contributed by atoms with E-state index in [1.807, 2.05) is 0 Å². The molecule has 0 aromatic carbocycles. The lowest BCUT2D eigenvalue weighted by molar-refractivity contribution is -0.139. The third-order valence-electron chi connectivity index (χ3n) is 0.908. The smallest absolute Gasteiger partial charge is 0.322 e. The van der Waals surface area contributed by atoms with Gasteiger partial charge in [0, 0.05) is 0 Å². The summed E-state index contributed by atoms with van der Waals surface area (Å²) in [6.07, 6.45) is 0.506. The molecule has 0 saturated carbocycles. The van der Waals surface area contributed by atoms with Gasteiger partial charge in [0.05, 0.1) is 0 Å². The highest BCUT2D eigenvalue weighted by atomic mass is 35.5. The van der Waals surface area contributed by atoms with E-state index in [0.29, 0.717) is 6.42 Å². The number of nitrogens with one attached hydrogen (secondary N) is 1. The quantitative estimate of drug-likeness (QED) is 0.387. The van der Waals surface area contributed by atoms with Crippen molar-refractivity contribution in [3.05, 3.63) is 0 Å². The minimum absolute atomic E-state index is 0. The van der Waals surface area contributed by atoms with Gasteiger partial charge < -0.3 is 5.11 Å². The molecule has 0 bridgehead atoms. The lowest BCUT2D eigenvalue weighted by Crippen LogP contribution is -2.40. The van der Waals surface area contributed by atoms with Crippen molar-refractivity contribution < 1.29 is 9.90 Å². The second-order valence-electron chi connectivity index (χ2n) is 1.47. The van der Waals surface area contributed by atoms with Crippen LogP contribution in [0.5, 0.6) is 0 Å². The predicted octanol–water partition coefficient (Wildman–Crippen LogP) is -0.265. The minimum atomic E-state index is -0.907. The molecule has 0 fully saturated rings. The Hall–Kier alpha value is -0.320. The van der Waals surface area contributed by atoms with Crippen LogP contribution in [0.3, 0.4) is 0 Å². The maximum atomic E-state index is 10.0. The molecule has 0 unspecified atom stereocenters. The first-order valence-corrected chi connectivity index (χ1v) is 2.41. The van der Waals surface area contributed by atoms with Crippen molar-refractivity contribution in [1.29, 1.82) is 0 Å². The van der Waals surface area contributed by atoms with Gasteiger partial charge in [-0.1, -0.05) is 6.92 Å². The summed E-state index contributed by atoms with van der Waals surface area (Å²) in [4.78, 5) is 10.0. The Kier molecular flexibility index (Phi) is 7.41. The number of carboxylic acid groups (broad SMARTS) is 1. The number of halogens is 1. The van der Waals surface area contributed by atoms with Gasteiger partial charge in [-0.15, -0.1) is 12.4 Å². The molecule has 1 atom stereocenters. The number of hydrogen-bond acceptors (Lipinski definition) is 3. The van der Waals surface area contributed by atoms with Gasteiger partial charge >= 0.3 is 5.97 Å². The minimum Gasteiger partial charge on any atom is -0.480 e. The molecule has 9 heavy (non-hydrogen) atoms. The third kappa shape index (κ3) is 4.20. The average molecular weight is 155 g/mol. The molecule has 4 nitrogen and oxygen atoms in total. The molecule has 5 heteroatoms. The Balaban J connectivity index is 0. The first kappa shape index (κ1) is 11.5. The highest BCUT2D eigenvalue weighted by Crippen LogP contribution is 1.85. The maximum Gasteiger partial charge on any atom is 0.322 e. The van der Waals surface area contributed by atoms with E-state index >= 15 is 0 Å². The van der Waals surface area contributed by atoms with E-state index in [0.717, 1.165) is 0 Å². The van der Waals surface area contributed by atoms with E-state index in [1.54, 1.807) is 6.92 Å². The zero-order chi connectivity index (χ0) is 6.57. The lowest BCUT2D eigenvalue weighted by Gasteiger charge is -2.04. The summed E-state index contributed by atoms with van der Waals surface area (Å²) in [5.41, 5.74) is 2.15. The van der Waals surface area contributed by atoms with Crippen LogP contribution in [0, 0.1) is 0 Å². The summed E-state index contributed by atoms with van der Waals surface area (Å²) in [6, 6.07) is -0.602. The summed E-state index contributed by atoms with van der Waals surface area (Å²) >= 11 is 0. The number of hydrazine groups is 1. The molecule has 0 aliphatic heterocycles. The van der Waals surface area contributed by atoms with Crippen LogP contribution in [0.1, 0.15) is 13.3 Å². The first-order chi connectivity index (χ1) is 3.72. The molecule has 0 spiro atoms. The van der Waals surface area contributed by atoms with E-state index in [9.17, 15) is 4.79 Å². The zero-order valence-electron chi connectivity index (χ0n) is 5.13. The molecule has 0 aliphatic carbocycles. The number of carboxylic acids is 1. The Morgan fingerprint density at radius 3 is 2.33 bits per heavy atom. The van der Waals surface area contributed by atoms with Crippen LogP contribution in [0.2, 0.25) is 0 Å². The molecular formula is C4H11ClN2O2. The van der Waals surface area contributed by atoms with Crippen LogP contribution in [0.25, 0.3) is 0 Å². The van der Waals surface area contributed by atoms with Crippen LogP contribution < -0.4 is 11.3 Å². The monoisotopic (exact) mass is 154 g/mol. The Bertz CT molecular complexity index is 84.6. The summed E-state index contributed by atoms with van der Waals surface area (Å²) in [6.45, 7) is 1.75. The molecule has 0 aromatic rings. The van der Waals surface area contributed by atoms with E-state index < -0.39 is 12.0 Å². The molecule has 56 valence electrons. The predicted molar refractivity (Wildman–Crippen MR) is 36.3 cm³/mol. The largest absolute Gasteiger partial charge is 0.480 e. The molecule has 0 radical (unpaired) electrons. The zero-order valence-corrected chi connectivity index (χ0v) is 5.94. The van der Waals surface area contributed by atoms with Gasteiger partial charge in [0.25, 0.3) is 0 Å². The topological polar surface area (TPSA) is 75.3 Å². The van der Waals surface area contributed by atoms with Gasteiger partial charge in [-0.05, 0) is 6.42 Å². The highest BCUT2D eigenvalue weighted by molar-refractivity contribution is 5.85. The van der Waals surface area contributed by atoms with E-state index in [4.69, 9.17) is 10.9 Å². The lowest BCUT2D eigenvalue weighted by atomic mass is 10.2. The summed E-state index contributed by atoms with van der Waals surface area (Å²) in [5.74, 6) is 3.95. The molecule has 4 N–H and O–H groups in total. The van der Waals surface area contributed by atoms with Crippen molar-refractivity contribution >= 4 is 18.4 Å². The molecular weight excluding hydrogens is 144 g/mol. The molecule has 0 aliphatic rings. The molecule has 0 saturated heterocycles. The molecule has 0 rings (SSSR count). The van der Waals surface area contributed by atoms with Crippen molar-refractivity contribution in [2.24, 2.45) is 5.84 Å². The molecule has 0 amide bonds. The van der Waals surface area contributed by atoms with E-state index in [2.05, 4.69) is 5.43 Å². The second kappa shape index (κ2) is 5.81. The first-order valence-electron chi connectivity index (χ1n) is 2.41. The van der Waals surface area contributed by atoms with Crippen LogP contribution >= 0.6 is 12.4 Å². The number of rotatable bonds is 3. The van der Waals surface area contributed by atoms with Gasteiger partial charge in [0.15, 0.2) is 0 Å². The van der Waals surface area contributed by atoms with Gasteiger partial charge in [-0.3, -0.25) is 10.6 Å². The number of nitrogens with two attached hydrogens (primary N) is 1. The Morgan fingerprint density at radius 2 is 2.33 bits per heavy atom. The van der Waals surface area contributed by atoms with Gasteiger partial charge in [-0.2, -0.15) is 0 Å². The number of aliphatic carboxylic acids is 1. The van der Waals surface area contributed by atoms with Crippen molar-refractivity contribution in [1.82, 2.24) is 5.43 Å². The van der Waals surface area contributed by atoms with E-state index in [1.165, 1.54) is 0 Å². The third-order valence-corrected chi connectivity index (χ3v) is 0.908. The van der Waals surface area contributed by atoms with Crippen molar-refractivity contribution in [2.75, 3.05) is 0 Å². The van der Waals surface area contributed by atoms with Crippen LogP contribution in [-0.2, 0) is 4.79 Å². The van der Waals surface area contributed by atoms with Crippen molar-refractivity contribution in [3.8, 4) is 0 Å².